The van der Waals surface area contributed by atoms with Crippen LogP contribution in [0.5, 0.6) is 0 Å². The van der Waals surface area contributed by atoms with Crippen LogP contribution in [0, 0.1) is 5.82 Å². The van der Waals surface area contributed by atoms with Gasteiger partial charge in [-0.15, -0.1) is 0 Å². The van der Waals surface area contributed by atoms with Gasteiger partial charge in [0.1, 0.15) is 5.82 Å². The molecular formula is C11H5BrClFN2O2. The Balaban J connectivity index is 2.57. The third-order valence-corrected chi connectivity index (χ3v) is 2.80. The SMILES string of the molecule is O=C(O)c1nc(-c2cc(F)cc(Br)c2)ncc1Cl. The minimum Gasteiger partial charge on any atom is -0.476 e. The predicted molar refractivity (Wildman–Crippen MR) is 67.1 cm³/mol. The number of rotatable bonds is 2. The van der Waals surface area contributed by atoms with Crippen molar-refractivity contribution in [2.45, 2.75) is 0 Å². The van der Waals surface area contributed by atoms with Crippen LogP contribution in [0.1, 0.15) is 10.5 Å². The van der Waals surface area contributed by atoms with Crippen molar-refractivity contribution in [3.63, 3.8) is 0 Å². The molecule has 0 amide bonds. The molecule has 1 aromatic carbocycles. The van der Waals surface area contributed by atoms with E-state index in [1.54, 1.807) is 6.07 Å². The van der Waals surface area contributed by atoms with Crippen molar-refractivity contribution in [1.29, 1.82) is 0 Å². The molecule has 18 heavy (non-hydrogen) atoms. The number of hydrogen-bond donors (Lipinski definition) is 1. The van der Waals surface area contributed by atoms with Gasteiger partial charge >= 0.3 is 5.97 Å². The summed E-state index contributed by atoms with van der Waals surface area (Å²) in [6.45, 7) is 0. The van der Waals surface area contributed by atoms with Gasteiger partial charge < -0.3 is 5.11 Å². The molecule has 4 nitrogen and oxygen atoms in total. The van der Waals surface area contributed by atoms with Gasteiger partial charge in [0.15, 0.2) is 11.5 Å². The second-order valence-corrected chi connectivity index (χ2v) is 4.68. The van der Waals surface area contributed by atoms with E-state index in [1.807, 2.05) is 0 Å². The fraction of sp³-hybridized carbons (Fsp3) is 0. The van der Waals surface area contributed by atoms with Gasteiger partial charge in [-0.2, -0.15) is 0 Å². The lowest BCUT2D eigenvalue weighted by Crippen LogP contribution is -2.04. The van der Waals surface area contributed by atoms with Gasteiger partial charge in [0.05, 0.1) is 11.2 Å². The lowest BCUT2D eigenvalue weighted by molar-refractivity contribution is 0.0690. The van der Waals surface area contributed by atoms with Crippen LogP contribution in [0.4, 0.5) is 4.39 Å². The highest BCUT2D eigenvalue weighted by atomic mass is 79.9. The van der Waals surface area contributed by atoms with Crippen LogP contribution in [-0.2, 0) is 0 Å². The van der Waals surface area contributed by atoms with Gasteiger partial charge in [-0.05, 0) is 18.2 Å². The minimum absolute atomic E-state index is 0.0679. The van der Waals surface area contributed by atoms with Crippen molar-refractivity contribution in [2.75, 3.05) is 0 Å². The first-order chi connectivity index (χ1) is 8.47. The minimum atomic E-state index is -1.26. The summed E-state index contributed by atoms with van der Waals surface area (Å²) in [6, 6.07) is 4.06. The van der Waals surface area contributed by atoms with Crippen LogP contribution in [0.25, 0.3) is 11.4 Å². The average Bonchev–Trinajstić information content (AvgIpc) is 2.27. The van der Waals surface area contributed by atoms with Crippen molar-refractivity contribution in [3.8, 4) is 11.4 Å². The number of carboxylic acid groups (broad SMARTS) is 1. The molecule has 0 atom stereocenters. The van der Waals surface area contributed by atoms with Crippen LogP contribution in [0.15, 0.2) is 28.9 Å². The van der Waals surface area contributed by atoms with Crippen LogP contribution >= 0.6 is 27.5 Å². The third kappa shape index (κ3) is 2.65. The molecule has 0 bridgehead atoms. The van der Waals surface area contributed by atoms with E-state index in [0.29, 0.717) is 10.0 Å². The number of benzene rings is 1. The number of carboxylic acids is 1. The average molecular weight is 332 g/mol. The largest absolute Gasteiger partial charge is 0.476 e. The summed E-state index contributed by atoms with van der Waals surface area (Å²) in [6.07, 6.45) is 1.17. The Morgan fingerprint density at radius 2 is 2.11 bits per heavy atom. The number of carbonyl (C=O) groups is 1. The molecule has 0 spiro atoms. The van der Waals surface area contributed by atoms with Gasteiger partial charge in [-0.25, -0.2) is 19.2 Å². The fourth-order valence-electron chi connectivity index (χ4n) is 1.34. The van der Waals surface area contributed by atoms with Crippen molar-refractivity contribution in [2.24, 2.45) is 0 Å². The maximum Gasteiger partial charge on any atom is 0.356 e. The van der Waals surface area contributed by atoms with E-state index < -0.39 is 11.8 Å². The Morgan fingerprint density at radius 3 is 2.72 bits per heavy atom. The molecular weight excluding hydrogens is 326 g/mol. The first-order valence-electron chi connectivity index (χ1n) is 4.69. The Bertz CT molecular complexity index is 616. The van der Waals surface area contributed by atoms with Gasteiger partial charge in [-0.3, -0.25) is 0 Å². The number of hydrogen-bond acceptors (Lipinski definition) is 3. The maximum absolute atomic E-state index is 13.2. The second-order valence-electron chi connectivity index (χ2n) is 3.35. The van der Waals surface area contributed by atoms with E-state index in [9.17, 15) is 9.18 Å². The van der Waals surface area contributed by atoms with E-state index in [2.05, 4.69) is 25.9 Å². The van der Waals surface area contributed by atoms with Crippen LogP contribution in [0.3, 0.4) is 0 Å². The molecule has 2 rings (SSSR count). The van der Waals surface area contributed by atoms with E-state index in [1.165, 1.54) is 18.3 Å². The summed E-state index contributed by atoms with van der Waals surface area (Å²) in [4.78, 5) is 18.6. The highest BCUT2D eigenvalue weighted by Crippen LogP contribution is 2.23. The van der Waals surface area contributed by atoms with Crippen molar-refractivity contribution >= 4 is 33.5 Å². The summed E-state index contributed by atoms with van der Waals surface area (Å²) < 4.78 is 13.7. The Hall–Kier alpha value is -1.53. The van der Waals surface area contributed by atoms with E-state index >= 15 is 0 Å². The summed E-state index contributed by atoms with van der Waals surface area (Å²) in [5, 5.41) is 8.82. The molecule has 0 radical (unpaired) electrons. The zero-order chi connectivity index (χ0) is 13.3. The monoisotopic (exact) mass is 330 g/mol. The lowest BCUT2D eigenvalue weighted by atomic mass is 10.2. The van der Waals surface area contributed by atoms with E-state index in [4.69, 9.17) is 16.7 Å². The van der Waals surface area contributed by atoms with Crippen molar-refractivity contribution in [3.05, 3.63) is 45.4 Å². The molecule has 1 N–H and O–H groups in total. The van der Waals surface area contributed by atoms with Crippen LogP contribution in [0.2, 0.25) is 5.02 Å². The smallest absolute Gasteiger partial charge is 0.356 e. The molecule has 1 heterocycles. The van der Waals surface area contributed by atoms with E-state index in [-0.39, 0.29) is 16.5 Å². The Kier molecular flexibility index (Phi) is 3.58. The number of aromatic nitrogens is 2. The highest BCUT2D eigenvalue weighted by Gasteiger charge is 2.14. The van der Waals surface area contributed by atoms with Crippen molar-refractivity contribution in [1.82, 2.24) is 9.97 Å². The standard InChI is InChI=1S/C11H5BrClFN2O2/c12-6-1-5(2-7(14)3-6)10-15-4-8(13)9(16-10)11(17)18/h1-4H,(H,17,18). The van der Waals surface area contributed by atoms with Crippen molar-refractivity contribution < 1.29 is 14.3 Å². The number of nitrogens with zero attached hydrogens (tertiary/aromatic N) is 2. The highest BCUT2D eigenvalue weighted by molar-refractivity contribution is 9.10. The molecule has 7 heteroatoms. The molecule has 0 aliphatic rings. The Labute approximate surface area is 115 Å². The number of halogens is 3. The Morgan fingerprint density at radius 1 is 1.39 bits per heavy atom. The summed E-state index contributed by atoms with van der Waals surface area (Å²) in [7, 11) is 0. The summed E-state index contributed by atoms with van der Waals surface area (Å²) in [5.41, 5.74) is 0.0445. The first-order valence-corrected chi connectivity index (χ1v) is 5.87. The lowest BCUT2D eigenvalue weighted by Gasteiger charge is -2.03. The maximum atomic E-state index is 13.2. The zero-order valence-corrected chi connectivity index (χ0v) is 11.0. The van der Waals surface area contributed by atoms with Gasteiger partial charge in [0, 0.05) is 10.0 Å². The summed E-state index contributed by atoms with van der Waals surface area (Å²) in [5.74, 6) is -1.65. The predicted octanol–water partition coefficient (Wildman–Crippen LogP) is 3.40. The molecule has 2 aromatic rings. The van der Waals surface area contributed by atoms with Gasteiger partial charge in [0.2, 0.25) is 0 Å². The van der Waals surface area contributed by atoms with Crippen LogP contribution in [-0.4, -0.2) is 21.0 Å². The third-order valence-electron chi connectivity index (χ3n) is 2.07. The quantitative estimate of drug-likeness (QED) is 0.916. The molecule has 0 saturated carbocycles. The molecule has 0 fully saturated rings. The number of aromatic carboxylic acids is 1. The normalized spacial score (nSPS) is 10.4. The first kappa shape index (κ1) is 12.9. The van der Waals surface area contributed by atoms with Gasteiger partial charge in [-0.1, -0.05) is 27.5 Å². The second kappa shape index (κ2) is 4.99. The zero-order valence-electron chi connectivity index (χ0n) is 8.69. The van der Waals surface area contributed by atoms with Crippen LogP contribution < -0.4 is 0 Å². The molecule has 1 aromatic heterocycles. The van der Waals surface area contributed by atoms with E-state index in [0.717, 1.165) is 0 Å². The van der Waals surface area contributed by atoms with Gasteiger partial charge in [0.25, 0.3) is 0 Å². The summed E-state index contributed by atoms with van der Waals surface area (Å²) >= 11 is 8.79. The molecule has 0 saturated heterocycles. The fourth-order valence-corrected chi connectivity index (χ4v) is 1.98. The molecule has 0 aliphatic carbocycles. The molecule has 0 aliphatic heterocycles. The topological polar surface area (TPSA) is 63.1 Å². The molecule has 0 unspecified atom stereocenters. The molecule has 92 valence electrons.